The third kappa shape index (κ3) is 5.84. The van der Waals surface area contributed by atoms with E-state index < -0.39 is 0 Å². The molecule has 0 amide bonds. The average molecular weight is 444 g/mol. The van der Waals surface area contributed by atoms with Gasteiger partial charge in [0.2, 0.25) is 0 Å². The van der Waals surface area contributed by atoms with Crippen molar-refractivity contribution in [2.45, 2.75) is 60.3 Å². The van der Waals surface area contributed by atoms with E-state index >= 15 is 0 Å². The molecule has 1 heterocycles. The molecule has 1 aliphatic carbocycles. The molecule has 3 nitrogen and oxygen atoms in total. The second-order valence-electron chi connectivity index (χ2n) is 8.76. The van der Waals surface area contributed by atoms with Crippen LogP contribution in [0.1, 0.15) is 65.9 Å². The first-order valence-electron chi connectivity index (χ1n) is 12.0. The molecule has 33 heavy (non-hydrogen) atoms. The highest BCUT2D eigenvalue weighted by Crippen LogP contribution is 2.48. The number of hydrogen-bond acceptors (Lipinski definition) is 3. The summed E-state index contributed by atoms with van der Waals surface area (Å²) in [5.74, 6) is 3.71. The van der Waals surface area contributed by atoms with E-state index in [1.807, 2.05) is 43.5 Å². The van der Waals surface area contributed by atoms with Crippen molar-refractivity contribution in [3.63, 3.8) is 0 Å². The summed E-state index contributed by atoms with van der Waals surface area (Å²) in [6.07, 6.45) is 14.2. The third-order valence-electron chi connectivity index (χ3n) is 6.51. The Morgan fingerprint density at radius 2 is 1.94 bits per heavy atom. The minimum atomic E-state index is 0.311. The van der Waals surface area contributed by atoms with Crippen LogP contribution < -0.4 is 0 Å². The second-order valence-corrected chi connectivity index (χ2v) is 8.76. The van der Waals surface area contributed by atoms with E-state index in [1.54, 1.807) is 0 Å². The molecule has 0 radical (unpaired) electrons. The van der Waals surface area contributed by atoms with E-state index in [1.165, 1.54) is 16.7 Å². The van der Waals surface area contributed by atoms with Crippen molar-refractivity contribution >= 4 is 11.8 Å². The minimum Gasteiger partial charge on any atom is -0.461 e. The van der Waals surface area contributed by atoms with Crippen LogP contribution >= 0.6 is 0 Å². The summed E-state index contributed by atoms with van der Waals surface area (Å²) in [6.45, 7) is 14.6. The standard InChI is InChI=1S/C30H37NO2/c1-7-13-23(6)33-31-20-25(24-14-11-10-12-15-24)17-19-27-22(5)16-18-28-26(9-3)29(21(4)8-2)32-30(27)28/h8-15,17,20,22,28H,3,7,16,18-19H2,1-2,4-6H3/b21-8-,23-13-,25-17+,31-20+. The first-order valence-corrected chi connectivity index (χ1v) is 12.0. The Balaban J connectivity index is 1.93. The molecule has 0 N–H and O–H groups in total. The van der Waals surface area contributed by atoms with Gasteiger partial charge in [-0.05, 0) is 80.7 Å². The molecular weight excluding hydrogens is 406 g/mol. The topological polar surface area (TPSA) is 30.8 Å². The SMILES string of the molecule is C=CC1=C(/C(C)=C\C)OC2=C(C/C=C(\C=N\O/C(C)=C\CC)c3ccccc3)C(C)CCC12. The molecule has 3 heteroatoms. The van der Waals surface area contributed by atoms with Gasteiger partial charge < -0.3 is 9.57 Å². The largest absolute Gasteiger partial charge is 0.461 e. The maximum atomic E-state index is 6.51. The Morgan fingerprint density at radius 1 is 1.18 bits per heavy atom. The normalized spacial score (nSPS) is 22.0. The quantitative estimate of drug-likeness (QED) is 0.217. The Hall–Kier alpha value is -3.07. The lowest BCUT2D eigenvalue weighted by molar-refractivity contribution is 0.230. The van der Waals surface area contributed by atoms with Gasteiger partial charge in [0.05, 0.1) is 6.21 Å². The van der Waals surface area contributed by atoms with Crippen molar-refractivity contribution in [2.75, 3.05) is 0 Å². The predicted molar refractivity (Wildman–Crippen MR) is 139 cm³/mol. The Morgan fingerprint density at radius 3 is 2.61 bits per heavy atom. The van der Waals surface area contributed by atoms with Crippen LogP contribution in [0, 0.1) is 11.8 Å². The second kappa shape index (κ2) is 11.7. The van der Waals surface area contributed by atoms with Gasteiger partial charge in [0.15, 0.2) is 0 Å². The maximum Gasteiger partial charge on any atom is 0.133 e. The van der Waals surface area contributed by atoms with Crippen LogP contribution in [-0.4, -0.2) is 6.21 Å². The summed E-state index contributed by atoms with van der Waals surface area (Å²) >= 11 is 0. The monoisotopic (exact) mass is 443 g/mol. The number of rotatable bonds is 9. The van der Waals surface area contributed by atoms with Crippen LogP contribution in [0.3, 0.4) is 0 Å². The molecule has 2 aliphatic rings. The molecule has 0 saturated carbocycles. The van der Waals surface area contributed by atoms with Gasteiger partial charge in [0.1, 0.15) is 17.3 Å². The highest BCUT2D eigenvalue weighted by atomic mass is 16.6. The third-order valence-corrected chi connectivity index (χ3v) is 6.51. The molecule has 0 bridgehead atoms. The molecule has 0 saturated heterocycles. The smallest absolute Gasteiger partial charge is 0.133 e. The zero-order chi connectivity index (χ0) is 23.8. The van der Waals surface area contributed by atoms with Crippen molar-refractivity contribution in [3.8, 4) is 0 Å². The Bertz CT molecular complexity index is 1030. The number of ether oxygens (including phenoxy) is 1. The van der Waals surface area contributed by atoms with Gasteiger partial charge in [-0.3, -0.25) is 0 Å². The molecule has 0 fully saturated rings. The molecular formula is C30H37NO2. The highest BCUT2D eigenvalue weighted by Gasteiger charge is 2.37. The van der Waals surface area contributed by atoms with Crippen LogP contribution in [-0.2, 0) is 9.57 Å². The van der Waals surface area contributed by atoms with Crippen molar-refractivity contribution in [2.24, 2.45) is 17.0 Å². The molecule has 1 aromatic rings. The zero-order valence-corrected chi connectivity index (χ0v) is 20.7. The van der Waals surface area contributed by atoms with E-state index in [9.17, 15) is 0 Å². The zero-order valence-electron chi connectivity index (χ0n) is 20.7. The number of hydrogen-bond donors (Lipinski definition) is 0. The number of benzene rings is 1. The molecule has 2 atom stereocenters. The number of allylic oxidation sites excluding steroid dienone is 9. The summed E-state index contributed by atoms with van der Waals surface area (Å²) < 4.78 is 6.51. The summed E-state index contributed by atoms with van der Waals surface area (Å²) in [5.41, 5.74) is 5.93. The van der Waals surface area contributed by atoms with Gasteiger partial charge >= 0.3 is 0 Å². The molecule has 3 rings (SSSR count). The van der Waals surface area contributed by atoms with E-state index in [2.05, 4.69) is 63.7 Å². The highest BCUT2D eigenvalue weighted by molar-refractivity contribution is 6.09. The van der Waals surface area contributed by atoms with Gasteiger partial charge in [0, 0.05) is 11.5 Å². The summed E-state index contributed by atoms with van der Waals surface area (Å²) in [7, 11) is 0. The van der Waals surface area contributed by atoms with Gasteiger partial charge in [0.25, 0.3) is 0 Å². The van der Waals surface area contributed by atoms with Crippen molar-refractivity contribution < 1.29 is 9.57 Å². The summed E-state index contributed by atoms with van der Waals surface area (Å²) in [5, 5.41) is 4.25. The Labute approximate surface area is 199 Å². The minimum absolute atomic E-state index is 0.311. The van der Waals surface area contributed by atoms with Crippen LogP contribution in [0.5, 0.6) is 0 Å². The van der Waals surface area contributed by atoms with Crippen molar-refractivity contribution in [1.82, 2.24) is 0 Å². The molecule has 0 aromatic heterocycles. The predicted octanol–water partition coefficient (Wildman–Crippen LogP) is 8.51. The van der Waals surface area contributed by atoms with Gasteiger partial charge in [-0.25, -0.2) is 0 Å². The van der Waals surface area contributed by atoms with E-state index in [-0.39, 0.29) is 0 Å². The van der Waals surface area contributed by atoms with E-state index in [4.69, 9.17) is 9.57 Å². The fraction of sp³-hybridized carbons (Fsp3) is 0.367. The first-order chi connectivity index (χ1) is 16.0. The fourth-order valence-electron chi connectivity index (χ4n) is 4.51. The average Bonchev–Trinajstić information content (AvgIpc) is 3.21. The van der Waals surface area contributed by atoms with Crippen molar-refractivity contribution in [3.05, 3.63) is 101 Å². The molecule has 174 valence electrons. The molecule has 1 aliphatic heterocycles. The maximum absolute atomic E-state index is 6.51. The first kappa shape index (κ1) is 24.6. The van der Waals surface area contributed by atoms with Gasteiger partial charge in [-0.2, -0.15) is 0 Å². The number of oxime groups is 1. The van der Waals surface area contributed by atoms with Crippen LogP contribution in [0.2, 0.25) is 0 Å². The summed E-state index contributed by atoms with van der Waals surface area (Å²) in [4.78, 5) is 5.53. The fourth-order valence-corrected chi connectivity index (χ4v) is 4.51. The molecule has 2 unspecified atom stereocenters. The lowest BCUT2D eigenvalue weighted by Crippen LogP contribution is -2.16. The van der Waals surface area contributed by atoms with Crippen molar-refractivity contribution in [1.29, 1.82) is 0 Å². The van der Waals surface area contributed by atoms with Crippen LogP contribution in [0.15, 0.2) is 100 Å². The lowest BCUT2D eigenvalue weighted by Gasteiger charge is -2.27. The van der Waals surface area contributed by atoms with Crippen LogP contribution in [0.25, 0.3) is 5.57 Å². The Kier molecular flexibility index (Phi) is 8.71. The number of fused-ring (bicyclic) bond motifs is 1. The van der Waals surface area contributed by atoms with Gasteiger partial charge in [-0.1, -0.05) is 74.1 Å². The van der Waals surface area contributed by atoms with Crippen LogP contribution in [0.4, 0.5) is 0 Å². The number of nitrogens with zero attached hydrogens (tertiary/aromatic N) is 1. The summed E-state index contributed by atoms with van der Waals surface area (Å²) in [6, 6.07) is 10.3. The van der Waals surface area contributed by atoms with E-state index in [0.29, 0.717) is 11.8 Å². The molecule has 0 spiro atoms. The van der Waals surface area contributed by atoms with E-state index in [0.717, 1.165) is 54.1 Å². The molecule has 1 aromatic carbocycles. The lowest BCUT2D eigenvalue weighted by atomic mass is 9.78. The van der Waals surface area contributed by atoms with Gasteiger partial charge in [-0.15, -0.1) is 0 Å².